The van der Waals surface area contributed by atoms with Crippen LogP contribution in [-0.2, 0) is 34.4 Å². The van der Waals surface area contributed by atoms with Crippen molar-refractivity contribution in [1.82, 2.24) is 29.7 Å². The second-order valence-electron chi connectivity index (χ2n) is 19.4. The summed E-state index contributed by atoms with van der Waals surface area (Å²) in [6, 6.07) is 17.5. The molecule has 0 radical (unpaired) electrons. The maximum absolute atomic E-state index is 15.3. The van der Waals surface area contributed by atoms with Crippen LogP contribution >= 0.6 is 23.7 Å². The molecule has 4 aromatic carbocycles. The van der Waals surface area contributed by atoms with Gasteiger partial charge in [0.1, 0.15) is 23.7 Å². The molecule has 0 bridgehead atoms. The predicted octanol–water partition coefficient (Wildman–Crippen LogP) is 7.64. The van der Waals surface area contributed by atoms with Crippen molar-refractivity contribution in [2.24, 2.45) is 18.4 Å². The Morgan fingerprint density at radius 1 is 0.972 bits per heavy atom. The summed E-state index contributed by atoms with van der Waals surface area (Å²) in [5.41, 5.74) is 7.61. The lowest BCUT2D eigenvalue weighted by Gasteiger charge is -2.35. The van der Waals surface area contributed by atoms with E-state index < -0.39 is 71.5 Å². The molecule has 18 heteroatoms. The number of nitrogens with zero attached hydrogens (tertiary/aromatic N) is 4. The number of carbonyl (C=O) groups excluding carboxylic acids is 4. The SMILES string of the molecule is Cc1cc(F)ccc1-c1cc(Cn2ccn(C)c2=N)cc2c1OC[C@H](Cc1ccc(F)c(OCC(=O)N[C@H](C(=O)N3C[C@H](O)C[C@H]3C(=O)N[C@@H](C)c3ccc(-c4scnc4C)cc3)C(C)(C)C)c1)C2=O.Cl. The van der Waals surface area contributed by atoms with E-state index in [4.69, 9.17) is 14.9 Å². The Labute approximate surface area is 421 Å². The zero-order chi connectivity index (χ0) is 50.2. The van der Waals surface area contributed by atoms with Gasteiger partial charge in [-0.25, -0.2) is 13.8 Å². The molecular weight excluding hydrogens is 952 g/mol. The normalized spacial score (nSPS) is 17.4. The number of hydrogen-bond donors (Lipinski definition) is 4. The van der Waals surface area contributed by atoms with Crippen LogP contribution in [0.5, 0.6) is 11.5 Å². The Kier molecular flexibility index (Phi) is 15.7. The number of ketones is 1. The van der Waals surface area contributed by atoms with Crippen molar-refractivity contribution >= 4 is 47.2 Å². The molecule has 2 aliphatic heterocycles. The van der Waals surface area contributed by atoms with E-state index in [0.29, 0.717) is 40.1 Å². The van der Waals surface area contributed by atoms with Crippen LogP contribution in [0.1, 0.15) is 78.5 Å². The van der Waals surface area contributed by atoms with Gasteiger partial charge in [0.15, 0.2) is 24.0 Å². The van der Waals surface area contributed by atoms with E-state index in [2.05, 4.69) is 15.6 Å². The van der Waals surface area contributed by atoms with Crippen LogP contribution in [0, 0.1) is 42.2 Å². The number of aromatic nitrogens is 3. The lowest BCUT2D eigenvalue weighted by atomic mass is 9.85. The zero-order valence-electron chi connectivity index (χ0n) is 40.5. The van der Waals surface area contributed by atoms with Crippen LogP contribution < -0.4 is 25.7 Å². The smallest absolute Gasteiger partial charge is 0.258 e. The molecule has 4 heterocycles. The Morgan fingerprint density at radius 3 is 2.37 bits per heavy atom. The highest BCUT2D eigenvalue weighted by atomic mass is 35.5. The third-order valence-electron chi connectivity index (χ3n) is 13.0. The highest BCUT2D eigenvalue weighted by Crippen LogP contribution is 2.41. The van der Waals surface area contributed by atoms with E-state index in [0.717, 1.165) is 27.3 Å². The number of hydrogen-bond acceptors (Lipinski definition) is 10. The highest BCUT2D eigenvalue weighted by Gasteiger charge is 2.45. The molecule has 4 N–H and O–H groups in total. The molecular formula is C53H58ClF2N7O7S. The predicted molar refractivity (Wildman–Crippen MR) is 267 cm³/mol. The fraction of sp³-hybridized carbons (Fsp3) is 0.358. The number of aliphatic hydroxyl groups is 1. The van der Waals surface area contributed by atoms with Gasteiger partial charge in [0, 0.05) is 38.0 Å². The fourth-order valence-corrected chi connectivity index (χ4v) is 9.97. The van der Waals surface area contributed by atoms with E-state index in [1.165, 1.54) is 35.2 Å². The van der Waals surface area contributed by atoms with Crippen molar-refractivity contribution in [1.29, 1.82) is 5.41 Å². The van der Waals surface area contributed by atoms with Gasteiger partial charge in [0.2, 0.25) is 17.4 Å². The van der Waals surface area contributed by atoms with E-state index in [1.807, 2.05) is 44.2 Å². The Hall–Kier alpha value is -6.69. The maximum atomic E-state index is 15.3. The summed E-state index contributed by atoms with van der Waals surface area (Å²) in [6.45, 7) is 10.4. The third-order valence-corrected chi connectivity index (χ3v) is 14.0. The minimum absolute atomic E-state index is 0. The topological polar surface area (TPSA) is 181 Å². The number of amides is 3. The number of fused-ring (bicyclic) bond motifs is 1. The first kappa shape index (κ1) is 52.1. The molecule has 3 amide bonds. The molecule has 0 aliphatic carbocycles. The monoisotopic (exact) mass is 1010 g/mol. The summed E-state index contributed by atoms with van der Waals surface area (Å²) in [5, 5.41) is 24.9. The van der Waals surface area contributed by atoms with Crippen molar-refractivity contribution in [3.63, 3.8) is 0 Å². The lowest BCUT2D eigenvalue weighted by molar-refractivity contribution is -0.144. The number of aryl methyl sites for hydroxylation is 3. The molecule has 0 spiro atoms. The molecule has 0 saturated carbocycles. The number of imidazole rings is 1. The number of rotatable bonds is 14. The van der Waals surface area contributed by atoms with Gasteiger partial charge in [0.05, 0.1) is 52.9 Å². The summed E-state index contributed by atoms with van der Waals surface area (Å²) in [6.07, 6.45) is 2.74. The van der Waals surface area contributed by atoms with Crippen molar-refractivity contribution in [2.75, 3.05) is 19.8 Å². The average Bonchev–Trinajstić information content (AvgIpc) is 4.03. The largest absolute Gasteiger partial charge is 0.491 e. The molecule has 0 unspecified atom stereocenters. The third kappa shape index (κ3) is 11.4. The van der Waals surface area contributed by atoms with Gasteiger partial charge in [-0.1, -0.05) is 57.2 Å². The van der Waals surface area contributed by atoms with Gasteiger partial charge in [0.25, 0.3) is 5.91 Å². The molecule has 71 heavy (non-hydrogen) atoms. The molecule has 5 atom stereocenters. The van der Waals surface area contributed by atoms with Crippen LogP contribution in [0.2, 0.25) is 0 Å². The number of carbonyl (C=O) groups is 4. The Balaban J connectivity index is 0.00000741. The first-order valence-electron chi connectivity index (χ1n) is 23.1. The first-order valence-corrected chi connectivity index (χ1v) is 24.0. The Morgan fingerprint density at radius 2 is 1.70 bits per heavy atom. The second kappa shape index (κ2) is 21.3. The average molecular weight is 1010 g/mol. The number of aliphatic hydroxyl groups excluding tert-OH is 1. The van der Waals surface area contributed by atoms with Gasteiger partial charge < -0.3 is 39.2 Å². The first-order chi connectivity index (χ1) is 33.2. The number of β-amino-alcohol motifs (C(OH)–C–C–N with tert-alkyl or cyclic N) is 1. The maximum Gasteiger partial charge on any atom is 0.258 e. The molecule has 1 saturated heterocycles. The number of likely N-dealkylation sites (tertiary alicyclic amines) is 1. The van der Waals surface area contributed by atoms with Crippen LogP contribution in [-0.4, -0.2) is 85.6 Å². The van der Waals surface area contributed by atoms with Gasteiger partial charge in [-0.2, -0.15) is 0 Å². The van der Waals surface area contributed by atoms with Crippen molar-refractivity contribution < 1.29 is 42.5 Å². The molecule has 374 valence electrons. The van der Waals surface area contributed by atoms with Crippen LogP contribution in [0.15, 0.2) is 90.7 Å². The summed E-state index contributed by atoms with van der Waals surface area (Å²) in [4.78, 5) is 62.6. The van der Waals surface area contributed by atoms with Crippen molar-refractivity contribution in [3.8, 4) is 33.1 Å². The van der Waals surface area contributed by atoms with E-state index >= 15 is 4.39 Å². The summed E-state index contributed by atoms with van der Waals surface area (Å²) >= 11 is 1.55. The standard InChI is InChI=1S/C53H57F2N7O7S.ClH/c1-29-18-37(54)13-14-39(29)40-20-33(24-61-17-16-60(7)52(61)56)21-41-46(65)36(26-69-47(40)41)19-32-8-15-42(55)44(22-32)68-27-45(64)59-49(53(4,5)6)51(67)62-25-38(63)23-43(62)50(66)58-30(2)34-9-11-35(12-10-34)48-31(3)57-28-70-48;/h8-18,20-22,28,30,36,38,43,49,56,63H,19,23-27H2,1-7H3,(H,58,66)(H,59,64);1H/t30-,36-,38+,43-,49+;/m0./s1. The minimum atomic E-state index is -1.14. The molecule has 2 aliphatic rings. The van der Waals surface area contributed by atoms with Gasteiger partial charge in [-0.05, 0) is 102 Å². The van der Waals surface area contributed by atoms with Crippen molar-refractivity contribution in [3.05, 3.63) is 141 Å². The number of halogens is 3. The number of nitrogens with one attached hydrogen (secondary N) is 3. The van der Waals surface area contributed by atoms with E-state index in [9.17, 15) is 28.7 Å². The number of ether oxygens (including phenoxy) is 2. The lowest BCUT2D eigenvalue weighted by Crippen LogP contribution is -2.58. The van der Waals surface area contributed by atoms with Gasteiger partial charge >= 0.3 is 0 Å². The minimum Gasteiger partial charge on any atom is -0.491 e. The van der Waals surface area contributed by atoms with E-state index in [-0.39, 0.29) is 55.6 Å². The summed E-state index contributed by atoms with van der Waals surface area (Å²) in [5.74, 6) is -3.59. The van der Waals surface area contributed by atoms with Crippen LogP contribution in [0.3, 0.4) is 0 Å². The van der Waals surface area contributed by atoms with Crippen LogP contribution in [0.25, 0.3) is 21.6 Å². The number of benzene rings is 4. The number of thiazole rings is 1. The second-order valence-corrected chi connectivity index (χ2v) is 20.2. The highest BCUT2D eigenvalue weighted by molar-refractivity contribution is 7.13. The molecule has 1 fully saturated rings. The zero-order valence-corrected chi connectivity index (χ0v) is 42.2. The fourth-order valence-electron chi connectivity index (χ4n) is 9.16. The molecule has 8 rings (SSSR count). The van der Waals surface area contributed by atoms with Crippen LogP contribution in [0.4, 0.5) is 8.78 Å². The molecule has 2 aromatic heterocycles. The van der Waals surface area contributed by atoms with Gasteiger partial charge in [-0.15, -0.1) is 23.7 Å². The molecule has 14 nitrogen and oxygen atoms in total. The van der Waals surface area contributed by atoms with Gasteiger partial charge in [-0.3, -0.25) is 24.6 Å². The Bertz CT molecular complexity index is 3040. The quantitative estimate of drug-likeness (QED) is 0.0859. The summed E-state index contributed by atoms with van der Waals surface area (Å²) in [7, 11) is 1.77. The molecule has 6 aromatic rings. The summed E-state index contributed by atoms with van der Waals surface area (Å²) < 4.78 is 45.0. The van der Waals surface area contributed by atoms with Crippen molar-refractivity contribution in [2.45, 2.75) is 85.2 Å². The van der Waals surface area contributed by atoms with E-state index in [1.54, 1.807) is 85.3 Å². The number of Topliss-reactive ketones (excluding diaryl/α,β-unsaturated/α-hetero) is 1.